The monoisotopic (exact) mass is 369 g/mol. The molecule has 0 saturated carbocycles. The molecule has 4 N–H and O–H groups in total. The number of ether oxygens (including phenoxy) is 1. The summed E-state index contributed by atoms with van der Waals surface area (Å²) in [6.45, 7) is 4.33. The lowest BCUT2D eigenvalue weighted by molar-refractivity contribution is 0.0499. The number of hydrogen-bond donors (Lipinski definition) is 2. The van der Waals surface area contributed by atoms with Gasteiger partial charge >= 0.3 is 5.97 Å². The standard InChI is InChI=1S/C15H20ClN5O2S/c1-3-5-6-23-14(22)9-7-10(16)13(11(17)8-9)24-15-20-19-12(4-2)21(15)18/h7-8H,3-6,17-18H2,1-2H3. The van der Waals surface area contributed by atoms with Crippen LogP contribution in [0.25, 0.3) is 0 Å². The van der Waals surface area contributed by atoms with Crippen LogP contribution < -0.4 is 11.6 Å². The van der Waals surface area contributed by atoms with E-state index in [9.17, 15) is 4.79 Å². The highest BCUT2D eigenvalue weighted by molar-refractivity contribution is 7.99. The lowest BCUT2D eigenvalue weighted by Crippen LogP contribution is -2.13. The van der Waals surface area contributed by atoms with Crippen molar-refractivity contribution in [2.24, 2.45) is 0 Å². The largest absolute Gasteiger partial charge is 0.462 e. The molecule has 9 heteroatoms. The normalized spacial score (nSPS) is 10.8. The molecule has 0 aliphatic heterocycles. The predicted molar refractivity (Wildman–Crippen MR) is 94.7 cm³/mol. The van der Waals surface area contributed by atoms with E-state index >= 15 is 0 Å². The number of carbonyl (C=O) groups excluding carboxylic acids is 1. The van der Waals surface area contributed by atoms with Crippen molar-refractivity contribution >= 4 is 35.0 Å². The summed E-state index contributed by atoms with van der Waals surface area (Å²) < 4.78 is 6.56. The van der Waals surface area contributed by atoms with Gasteiger partial charge < -0.3 is 16.3 Å². The van der Waals surface area contributed by atoms with Crippen LogP contribution in [0.3, 0.4) is 0 Å². The van der Waals surface area contributed by atoms with E-state index in [1.807, 2.05) is 13.8 Å². The SMILES string of the molecule is CCCCOC(=O)c1cc(N)c(Sc2nnc(CC)n2N)c(Cl)c1. The summed E-state index contributed by atoms with van der Waals surface area (Å²) in [4.78, 5) is 12.6. The number of hydrogen-bond acceptors (Lipinski definition) is 7. The third kappa shape index (κ3) is 4.12. The maximum absolute atomic E-state index is 12.0. The Balaban J connectivity index is 2.20. The smallest absolute Gasteiger partial charge is 0.338 e. The Kier molecular flexibility index (Phi) is 6.33. The van der Waals surface area contributed by atoms with Gasteiger partial charge in [0.1, 0.15) is 0 Å². The van der Waals surface area contributed by atoms with Crippen molar-refractivity contribution < 1.29 is 9.53 Å². The van der Waals surface area contributed by atoms with Gasteiger partial charge in [0.15, 0.2) is 5.82 Å². The maximum Gasteiger partial charge on any atom is 0.338 e. The topological polar surface area (TPSA) is 109 Å². The van der Waals surface area contributed by atoms with Crippen molar-refractivity contribution in [2.75, 3.05) is 18.2 Å². The third-order valence-electron chi connectivity index (χ3n) is 3.28. The highest BCUT2D eigenvalue weighted by atomic mass is 35.5. The van der Waals surface area contributed by atoms with Gasteiger partial charge in [0.2, 0.25) is 5.16 Å². The molecule has 0 unspecified atom stereocenters. The number of nitrogens with two attached hydrogens (primary N) is 2. The number of esters is 1. The second-order valence-corrected chi connectivity index (χ2v) is 6.48. The summed E-state index contributed by atoms with van der Waals surface area (Å²) in [6, 6.07) is 3.08. The number of halogens is 1. The molecular formula is C15H20ClN5O2S. The van der Waals surface area contributed by atoms with Crippen LogP contribution in [-0.4, -0.2) is 27.4 Å². The average molecular weight is 370 g/mol. The zero-order valence-corrected chi connectivity index (χ0v) is 15.2. The minimum atomic E-state index is -0.441. The third-order valence-corrected chi connectivity index (χ3v) is 4.81. The fourth-order valence-corrected chi connectivity index (χ4v) is 3.09. The van der Waals surface area contributed by atoms with Gasteiger partial charge in [-0.3, -0.25) is 0 Å². The number of anilines is 1. The zero-order valence-electron chi connectivity index (χ0n) is 13.6. The fraction of sp³-hybridized carbons (Fsp3) is 0.400. The van der Waals surface area contributed by atoms with Crippen molar-refractivity contribution in [3.8, 4) is 0 Å². The molecule has 1 aromatic carbocycles. The number of nitrogen functional groups attached to an aromatic ring is 2. The first-order valence-corrected chi connectivity index (χ1v) is 8.80. The number of aromatic nitrogens is 3. The molecule has 0 fully saturated rings. The molecule has 24 heavy (non-hydrogen) atoms. The molecule has 7 nitrogen and oxygen atoms in total. The number of nitrogens with zero attached hydrogens (tertiary/aromatic N) is 3. The van der Waals surface area contributed by atoms with E-state index in [1.165, 1.54) is 22.5 Å². The number of carbonyl (C=O) groups is 1. The molecule has 0 aliphatic rings. The fourth-order valence-electron chi connectivity index (χ4n) is 1.94. The van der Waals surface area contributed by atoms with Crippen molar-refractivity contribution in [2.45, 2.75) is 43.2 Å². The highest BCUT2D eigenvalue weighted by Crippen LogP contribution is 2.37. The molecule has 1 heterocycles. The van der Waals surface area contributed by atoms with Gasteiger partial charge in [-0.05, 0) is 30.3 Å². The van der Waals surface area contributed by atoms with E-state index in [1.54, 1.807) is 6.07 Å². The summed E-state index contributed by atoms with van der Waals surface area (Å²) >= 11 is 7.48. The molecule has 2 rings (SSSR count). The number of rotatable bonds is 7. The number of unbranched alkanes of at least 4 members (excludes halogenated alkanes) is 1. The van der Waals surface area contributed by atoms with Crippen LogP contribution in [0.2, 0.25) is 5.02 Å². The summed E-state index contributed by atoms with van der Waals surface area (Å²) in [6.07, 6.45) is 2.43. The first-order chi connectivity index (χ1) is 11.5. The van der Waals surface area contributed by atoms with E-state index in [0.29, 0.717) is 45.2 Å². The number of aryl methyl sites for hydroxylation is 1. The Bertz CT molecular complexity index is 712. The highest BCUT2D eigenvalue weighted by Gasteiger charge is 2.17. The van der Waals surface area contributed by atoms with Gasteiger partial charge in [0.25, 0.3) is 0 Å². The molecule has 0 saturated heterocycles. The van der Waals surface area contributed by atoms with Crippen LogP contribution in [-0.2, 0) is 11.2 Å². The molecule has 0 aliphatic carbocycles. The van der Waals surface area contributed by atoms with Crippen LogP contribution in [0.4, 0.5) is 5.69 Å². The Morgan fingerprint density at radius 1 is 1.38 bits per heavy atom. The first kappa shape index (κ1) is 18.4. The van der Waals surface area contributed by atoms with Gasteiger partial charge in [-0.15, -0.1) is 10.2 Å². The van der Waals surface area contributed by atoms with Gasteiger partial charge in [-0.1, -0.05) is 31.9 Å². The van der Waals surface area contributed by atoms with Crippen LogP contribution in [0.5, 0.6) is 0 Å². The Morgan fingerprint density at radius 3 is 2.71 bits per heavy atom. The summed E-state index contributed by atoms with van der Waals surface area (Å²) in [5.41, 5.74) is 6.72. The molecule has 0 spiro atoms. The molecule has 0 bridgehead atoms. The van der Waals surface area contributed by atoms with Crippen molar-refractivity contribution in [1.82, 2.24) is 14.9 Å². The first-order valence-electron chi connectivity index (χ1n) is 7.61. The quantitative estimate of drug-likeness (QED) is 0.334. The Labute approximate surface area is 149 Å². The minimum absolute atomic E-state index is 0.321. The summed E-state index contributed by atoms with van der Waals surface area (Å²) in [5.74, 6) is 6.14. The maximum atomic E-state index is 12.0. The van der Waals surface area contributed by atoms with Gasteiger partial charge in [0, 0.05) is 12.1 Å². The van der Waals surface area contributed by atoms with Crippen molar-refractivity contribution in [3.63, 3.8) is 0 Å². The molecule has 0 atom stereocenters. The van der Waals surface area contributed by atoms with Gasteiger partial charge in [-0.2, -0.15) is 0 Å². The second kappa shape index (κ2) is 8.25. The van der Waals surface area contributed by atoms with Crippen molar-refractivity contribution in [1.29, 1.82) is 0 Å². The van der Waals surface area contributed by atoms with E-state index in [0.717, 1.165) is 12.8 Å². The van der Waals surface area contributed by atoms with E-state index in [-0.39, 0.29) is 0 Å². The average Bonchev–Trinajstić information content (AvgIpc) is 2.90. The van der Waals surface area contributed by atoms with Crippen LogP contribution in [0, 0.1) is 0 Å². The molecule has 0 amide bonds. The predicted octanol–water partition coefficient (Wildman–Crippen LogP) is 2.90. The molecule has 2 aromatic rings. The number of benzene rings is 1. The lowest BCUT2D eigenvalue weighted by Gasteiger charge is -2.10. The van der Waals surface area contributed by atoms with Gasteiger partial charge in [0.05, 0.1) is 22.1 Å². The lowest BCUT2D eigenvalue weighted by atomic mass is 10.2. The summed E-state index contributed by atoms with van der Waals surface area (Å²) in [5, 5.41) is 8.81. The van der Waals surface area contributed by atoms with Crippen LogP contribution >= 0.6 is 23.4 Å². The Hall–Kier alpha value is -1.93. The molecule has 1 aromatic heterocycles. The van der Waals surface area contributed by atoms with Gasteiger partial charge in [-0.25, -0.2) is 9.47 Å². The Morgan fingerprint density at radius 2 is 2.12 bits per heavy atom. The van der Waals surface area contributed by atoms with E-state index in [4.69, 9.17) is 27.9 Å². The second-order valence-electron chi connectivity index (χ2n) is 5.09. The van der Waals surface area contributed by atoms with Crippen LogP contribution in [0.15, 0.2) is 22.2 Å². The van der Waals surface area contributed by atoms with Crippen molar-refractivity contribution in [3.05, 3.63) is 28.5 Å². The molecule has 130 valence electrons. The minimum Gasteiger partial charge on any atom is -0.462 e. The van der Waals surface area contributed by atoms with Crippen LogP contribution in [0.1, 0.15) is 42.9 Å². The molecule has 0 radical (unpaired) electrons. The van der Waals surface area contributed by atoms with E-state index in [2.05, 4.69) is 10.2 Å². The molecular weight excluding hydrogens is 350 g/mol. The zero-order chi connectivity index (χ0) is 17.7. The van der Waals surface area contributed by atoms with E-state index < -0.39 is 5.97 Å². The summed E-state index contributed by atoms with van der Waals surface area (Å²) in [7, 11) is 0.